The molecule has 1 aromatic carbocycles. The molecule has 0 unspecified atom stereocenters. The minimum atomic E-state index is -4.65. The molecule has 2 aromatic heterocycles. The van der Waals surface area contributed by atoms with Crippen molar-refractivity contribution >= 4 is 17.8 Å². The van der Waals surface area contributed by atoms with Crippen LogP contribution in [-0.2, 0) is 16.9 Å². The van der Waals surface area contributed by atoms with Crippen molar-refractivity contribution in [1.29, 1.82) is 0 Å². The third-order valence-electron chi connectivity index (χ3n) is 4.72. The summed E-state index contributed by atoms with van der Waals surface area (Å²) in [4.78, 5) is 38.0. The third-order valence-corrected chi connectivity index (χ3v) is 4.72. The van der Waals surface area contributed by atoms with Crippen LogP contribution in [0.25, 0.3) is 5.69 Å². The lowest BCUT2D eigenvalue weighted by molar-refractivity contribution is -0.144. The van der Waals surface area contributed by atoms with Crippen molar-refractivity contribution in [3.05, 3.63) is 59.9 Å². The van der Waals surface area contributed by atoms with Crippen LogP contribution in [0.4, 0.5) is 22.4 Å². The number of hydrogen-bond donors (Lipinski definition) is 3. The maximum Gasteiger partial charge on any atom is 0.408 e. The number of halogens is 4. The number of hydrogen-bond acceptors (Lipinski definition) is 6. The number of carbonyl (C=O) groups excluding carboxylic acids is 3. The maximum atomic E-state index is 13.1. The van der Waals surface area contributed by atoms with Gasteiger partial charge in [0.1, 0.15) is 12.4 Å². The molecule has 0 radical (unpaired) electrons. The predicted molar refractivity (Wildman–Crippen MR) is 100 cm³/mol. The summed E-state index contributed by atoms with van der Waals surface area (Å²) in [6.45, 7) is -2.11. The second kappa shape index (κ2) is 7.99. The Balaban J connectivity index is 1.56. The number of amides is 4. The number of nitrogens with zero attached hydrogens (tertiary/aromatic N) is 5. The van der Waals surface area contributed by atoms with E-state index in [2.05, 4.69) is 25.9 Å². The second-order valence-electron chi connectivity index (χ2n) is 6.98. The fourth-order valence-corrected chi connectivity index (χ4v) is 3.25. The van der Waals surface area contributed by atoms with E-state index in [4.69, 9.17) is 0 Å². The smallest absolute Gasteiger partial charge is 0.347 e. The van der Waals surface area contributed by atoms with Crippen molar-refractivity contribution in [3.63, 3.8) is 0 Å². The molecule has 1 fully saturated rings. The largest absolute Gasteiger partial charge is 0.408 e. The van der Waals surface area contributed by atoms with Crippen molar-refractivity contribution in [1.82, 2.24) is 40.7 Å². The number of imide groups is 1. The molecule has 1 saturated heterocycles. The summed E-state index contributed by atoms with van der Waals surface area (Å²) in [5, 5.41) is 18.0. The van der Waals surface area contributed by atoms with E-state index < -0.39 is 48.5 Å². The quantitative estimate of drug-likeness (QED) is 0.360. The Labute approximate surface area is 181 Å². The van der Waals surface area contributed by atoms with Crippen molar-refractivity contribution in [3.8, 4) is 5.69 Å². The van der Waals surface area contributed by atoms with Crippen LogP contribution < -0.4 is 16.0 Å². The topological polar surface area (TPSA) is 136 Å². The zero-order valence-electron chi connectivity index (χ0n) is 16.4. The Bertz CT molecular complexity index is 1220. The minimum Gasteiger partial charge on any atom is -0.347 e. The van der Waals surface area contributed by atoms with Crippen molar-refractivity contribution < 1.29 is 31.9 Å². The number of benzene rings is 1. The SMILES string of the molecule is O=C1NC(=O)[C@@](CNC(=O)c2cnn(-c3ccc(F)cc3)n2)(c2ccnn2CC(F)(F)F)N1. The highest BCUT2D eigenvalue weighted by Crippen LogP contribution is 2.27. The molecule has 1 aliphatic heterocycles. The number of aromatic nitrogens is 5. The van der Waals surface area contributed by atoms with Gasteiger partial charge in [0.15, 0.2) is 11.2 Å². The average molecular weight is 466 g/mol. The van der Waals surface area contributed by atoms with E-state index in [0.29, 0.717) is 10.4 Å². The van der Waals surface area contributed by atoms with Gasteiger partial charge in [0.2, 0.25) is 0 Å². The Morgan fingerprint density at radius 2 is 1.85 bits per heavy atom. The molecule has 1 aliphatic rings. The monoisotopic (exact) mass is 466 g/mol. The van der Waals surface area contributed by atoms with Crippen LogP contribution in [0, 0.1) is 5.82 Å². The lowest BCUT2D eigenvalue weighted by atomic mass is 9.95. The van der Waals surface area contributed by atoms with Gasteiger partial charge < -0.3 is 10.6 Å². The van der Waals surface area contributed by atoms with Crippen LogP contribution in [0.2, 0.25) is 0 Å². The lowest BCUT2D eigenvalue weighted by Gasteiger charge is -2.27. The first-order chi connectivity index (χ1) is 15.6. The van der Waals surface area contributed by atoms with E-state index in [0.717, 1.165) is 23.3 Å². The summed E-state index contributed by atoms with van der Waals surface area (Å²) in [6.07, 6.45) is -2.51. The summed E-state index contributed by atoms with van der Waals surface area (Å²) >= 11 is 0. The van der Waals surface area contributed by atoms with Gasteiger partial charge in [-0.15, -0.1) is 5.10 Å². The number of nitrogens with one attached hydrogen (secondary N) is 3. The van der Waals surface area contributed by atoms with E-state index in [-0.39, 0.29) is 11.4 Å². The van der Waals surface area contributed by atoms with Crippen LogP contribution in [0.15, 0.2) is 42.7 Å². The van der Waals surface area contributed by atoms with Crippen molar-refractivity contribution in [2.24, 2.45) is 0 Å². The predicted octanol–water partition coefficient (Wildman–Crippen LogP) is 0.630. The summed E-state index contributed by atoms with van der Waals surface area (Å²) in [5.74, 6) is -2.26. The summed E-state index contributed by atoms with van der Waals surface area (Å²) in [7, 11) is 0. The third kappa shape index (κ3) is 4.37. The summed E-state index contributed by atoms with van der Waals surface area (Å²) < 4.78 is 52.4. The number of carbonyl (C=O) groups is 3. The average Bonchev–Trinajstić information content (AvgIpc) is 3.45. The minimum absolute atomic E-state index is 0.192. The van der Waals surface area contributed by atoms with Gasteiger partial charge in [-0.1, -0.05) is 0 Å². The van der Waals surface area contributed by atoms with Gasteiger partial charge in [0.25, 0.3) is 11.8 Å². The molecule has 0 saturated carbocycles. The Hall–Kier alpha value is -4.30. The molecular weight excluding hydrogens is 452 g/mol. The van der Waals surface area contributed by atoms with Gasteiger partial charge >= 0.3 is 12.2 Å². The maximum absolute atomic E-state index is 13.1. The molecule has 15 heteroatoms. The zero-order valence-corrected chi connectivity index (χ0v) is 16.4. The fourth-order valence-electron chi connectivity index (χ4n) is 3.25. The van der Waals surface area contributed by atoms with Crippen molar-refractivity contribution in [2.75, 3.05) is 6.54 Å². The van der Waals surface area contributed by atoms with Gasteiger partial charge in [0, 0.05) is 6.20 Å². The number of rotatable bonds is 6. The molecule has 0 spiro atoms. The molecule has 1 atom stereocenters. The highest BCUT2D eigenvalue weighted by molar-refractivity contribution is 6.07. The van der Waals surface area contributed by atoms with Gasteiger partial charge in [0.05, 0.1) is 24.1 Å². The first-order valence-electron chi connectivity index (χ1n) is 9.26. The highest BCUT2D eigenvalue weighted by atomic mass is 19.4. The van der Waals surface area contributed by atoms with Gasteiger partial charge in [-0.3, -0.25) is 19.6 Å². The second-order valence-corrected chi connectivity index (χ2v) is 6.98. The van der Waals surface area contributed by atoms with Crippen molar-refractivity contribution in [2.45, 2.75) is 18.3 Å². The summed E-state index contributed by atoms with van der Waals surface area (Å²) in [6, 6.07) is 5.30. The first kappa shape index (κ1) is 21.9. The van der Waals surface area contributed by atoms with Gasteiger partial charge in [-0.25, -0.2) is 9.18 Å². The Morgan fingerprint density at radius 1 is 1.12 bits per heavy atom. The highest BCUT2D eigenvalue weighted by Gasteiger charge is 2.51. The summed E-state index contributed by atoms with van der Waals surface area (Å²) in [5.41, 5.74) is -2.14. The molecule has 11 nitrogen and oxygen atoms in total. The number of alkyl halides is 3. The van der Waals surface area contributed by atoms with Gasteiger partial charge in [-0.2, -0.15) is 28.2 Å². The molecular formula is C18H14F4N8O3. The molecule has 4 rings (SSSR count). The molecule has 0 aliphatic carbocycles. The van der Waals surface area contributed by atoms with Crippen LogP contribution in [0.1, 0.15) is 16.2 Å². The Morgan fingerprint density at radius 3 is 2.48 bits per heavy atom. The van der Waals surface area contributed by atoms with Crippen LogP contribution in [-0.4, -0.2) is 55.3 Å². The number of urea groups is 1. The lowest BCUT2D eigenvalue weighted by Crippen LogP contribution is -2.54. The Kier molecular flexibility index (Phi) is 5.31. The zero-order chi connectivity index (χ0) is 23.8. The van der Waals surface area contributed by atoms with E-state index >= 15 is 0 Å². The van der Waals surface area contributed by atoms with Crippen LogP contribution in [0.5, 0.6) is 0 Å². The van der Waals surface area contributed by atoms with E-state index in [1.54, 1.807) is 0 Å². The molecule has 4 amide bonds. The van der Waals surface area contributed by atoms with Crippen LogP contribution in [0.3, 0.4) is 0 Å². The molecule has 3 heterocycles. The van der Waals surface area contributed by atoms with E-state index in [1.807, 2.05) is 5.32 Å². The standard InChI is InChI=1S/C18H14F4N8O3/c19-10-1-3-11(4-2-10)30-25-7-12(28-30)14(31)23-8-17(15(32)26-16(33)27-17)13-5-6-24-29(13)9-18(20,21)22/h1-7H,8-9H2,(H,23,31)(H2,26,27,32,33)/t17-/m1/s1. The molecule has 3 N–H and O–H groups in total. The molecule has 172 valence electrons. The van der Waals surface area contributed by atoms with E-state index in [9.17, 15) is 31.9 Å². The van der Waals surface area contributed by atoms with Crippen LogP contribution >= 0.6 is 0 Å². The van der Waals surface area contributed by atoms with Gasteiger partial charge in [-0.05, 0) is 30.3 Å². The molecule has 3 aromatic rings. The first-order valence-corrected chi connectivity index (χ1v) is 9.26. The molecule has 33 heavy (non-hydrogen) atoms. The van der Waals surface area contributed by atoms with E-state index in [1.165, 1.54) is 24.3 Å². The molecule has 0 bridgehead atoms. The fraction of sp³-hybridized carbons (Fsp3) is 0.222. The normalized spacial score (nSPS) is 18.2.